The fourth-order valence-corrected chi connectivity index (χ4v) is 1.30. The Morgan fingerprint density at radius 1 is 1.45 bits per heavy atom. The van der Waals surface area contributed by atoms with Crippen molar-refractivity contribution in [2.45, 2.75) is 26.4 Å². The molecule has 0 heterocycles. The third-order valence-electron chi connectivity index (χ3n) is 2.15. The number of alkyl halides is 1. The molecule has 0 aliphatic heterocycles. The van der Waals surface area contributed by atoms with Crippen molar-refractivity contribution in [2.24, 2.45) is 5.92 Å². The van der Waals surface area contributed by atoms with Crippen LogP contribution >= 0.6 is 0 Å². The lowest BCUT2D eigenvalue weighted by molar-refractivity contribution is 0.260. The predicted octanol–water partition coefficient (Wildman–Crippen LogP) is 3.16. The Morgan fingerprint density at radius 3 is 2.64 bits per heavy atom. The lowest BCUT2D eigenvalue weighted by atomic mass is 9.89. The van der Waals surface area contributed by atoms with Gasteiger partial charge in [0.2, 0.25) is 0 Å². The van der Waals surface area contributed by atoms with Gasteiger partial charge in [0, 0.05) is 5.92 Å². The third kappa shape index (κ3) is 1.50. The summed E-state index contributed by atoms with van der Waals surface area (Å²) in [5.41, 5.74) is 0.985. The number of hydrogen-bond donors (Lipinski definition) is 0. The van der Waals surface area contributed by atoms with Gasteiger partial charge in [-0.1, -0.05) is 25.5 Å². The number of allylic oxidation sites excluding steroid dienone is 4. The second-order valence-electron chi connectivity index (χ2n) is 2.84. The summed E-state index contributed by atoms with van der Waals surface area (Å²) in [4.78, 5) is 0. The largest absolute Gasteiger partial charge is 0.239 e. The average Bonchev–Trinajstić information content (AvgIpc) is 2.01. The summed E-state index contributed by atoms with van der Waals surface area (Å²) in [7, 11) is 0. The summed E-state index contributed by atoms with van der Waals surface area (Å²) in [5.74, 6) is -0.931. The molecule has 0 spiro atoms. The normalized spacial score (nSPS) is 31.3. The van der Waals surface area contributed by atoms with Gasteiger partial charge >= 0.3 is 0 Å². The first-order valence-corrected chi connectivity index (χ1v) is 3.87. The monoisotopic (exact) mass is 158 g/mol. The maximum Gasteiger partial charge on any atom is 0.158 e. The summed E-state index contributed by atoms with van der Waals surface area (Å²) >= 11 is 0. The van der Waals surface area contributed by atoms with E-state index in [1.165, 1.54) is 6.08 Å². The number of rotatable bonds is 1. The Kier molecular flexibility index (Phi) is 2.42. The van der Waals surface area contributed by atoms with Crippen molar-refractivity contribution < 1.29 is 8.78 Å². The highest BCUT2D eigenvalue weighted by Crippen LogP contribution is 2.30. The summed E-state index contributed by atoms with van der Waals surface area (Å²) in [5, 5.41) is 0. The molecule has 1 aliphatic rings. The van der Waals surface area contributed by atoms with E-state index < -0.39 is 12.0 Å². The first-order valence-electron chi connectivity index (χ1n) is 3.87. The molecular weight excluding hydrogens is 146 g/mol. The minimum atomic E-state index is -1.42. The zero-order chi connectivity index (χ0) is 8.43. The van der Waals surface area contributed by atoms with E-state index in [9.17, 15) is 8.78 Å². The molecule has 2 unspecified atom stereocenters. The highest BCUT2D eigenvalue weighted by atomic mass is 19.2. The van der Waals surface area contributed by atoms with Crippen LogP contribution in [-0.4, -0.2) is 6.17 Å². The highest BCUT2D eigenvalue weighted by molar-refractivity contribution is 5.26. The van der Waals surface area contributed by atoms with Gasteiger partial charge < -0.3 is 0 Å². The Balaban J connectivity index is 2.84. The van der Waals surface area contributed by atoms with Crippen LogP contribution < -0.4 is 0 Å². The lowest BCUT2D eigenvalue weighted by Gasteiger charge is -2.20. The molecule has 1 rings (SSSR count). The van der Waals surface area contributed by atoms with Gasteiger partial charge in [0.05, 0.1) is 0 Å². The number of halogens is 2. The molecule has 2 heteroatoms. The van der Waals surface area contributed by atoms with E-state index >= 15 is 0 Å². The maximum atomic E-state index is 12.9. The summed E-state index contributed by atoms with van der Waals surface area (Å²) < 4.78 is 25.5. The lowest BCUT2D eigenvalue weighted by Crippen LogP contribution is -2.18. The summed E-state index contributed by atoms with van der Waals surface area (Å²) in [6.45, 7) is 3.67. The van der Waals surface area contributed by atoms with Gasteiger partial charge in [-0.25, -0.2) is 8.78 Å². The van der Waals surface area contributed by atoms with Crippen molar-refractivity contribution >= 4 is 0 Å². The first kappa shape index (κ1) is 8.44. The zero-order valence-electron chi connectivity index (χ0n) is 6.77. The first-order chi connectivity index (χ1) is 5.16. The Hall–Kier alpha value is -0.660. The molecule has 0 saturated carbocycles. The van der Waals surface area contributed by atoms with Crippen molar-refractivity contribution in [3.63, 3.8) is 0 Å². The molecule has 0 aromatic heterocycles. The van der Waals surface area contributed by atoms with Gasteiger partial charge in [0.15, 0.2) is 6.17 Å². The molecule has 2 atom stereocenters. The maximum absolute atomic E-state index is 12.9. The van der Waals surface area contributed by atoms with E-state index in [1.807, 2.05) is 6.92 Å². The molecule has 0 nitrogen and oxygen atoms in total. The molecule has 0 radical (unpaired) electrons. The number of hydrogen-bond acceptors (Lipinski definition) is 0. The van der Waals surface area contributed by atoms with Gasteiger partial charge in [-0.2, -0.15) is 0 Å². The van der Waals surface area contributed by atoms with Crippen LogP contribution in [0.25, 0.3) is 0 Å². The van der Waals surface area contributed by atoms with Crippen LogP contribution in [0.5, 0.6) is 0 Å². The highest BCUT2D eigenvalue weighted by Gasteiger charge is 2.25. The molecule has 0 fully saturated rings. The van der Waals surface area contributed by atoms with E-state index in [0.717, 1.165) is 12.0 Å². The van der Waals surface area contributed by atoms with Gasteiger partial charge in [-0.15, -0.1) is 0 Å². The molecular formula is C9H12F2. The average molecular weight is 158 g/mol. The Bertz CT molecular complexity index is 204. The van der Waals surface area contributed by atoms with Crippen LogP contribution in [0.15, 0.2) is 23.6 Å². The van der Waals surface area contributed by atoms with Crippen molar-refractivity contribution in [1.82, 2.24) is 0 Å². The second kappa shape index (κ2) is 3.16. The SMILES string of the molecule is CCC1=CC=C(F)C(F)C1C. The van der Waals surface area contributed by atoms with E-state index in [1.54, 1.807) is 13.0 Å². The van der Waals surface area contributed by atoms with Gasteiger partial charge in [-0.3, -0.25) is 0 Å². The van der Waals surface area contributed by atoms with Gasteiger partial charge in [0.25, 0.3) is 0 Å². The van der Waals surface area contributed by atoms with Crippen LogP contribution in [0.4, 0.5) is 8.78 Å². The Labute approximate surface area is 65.6 Å². The van der Waals surface area contributed by atoms with E-state index in [4.69, 9.17) is 0 Å². The standard InChI is InChI=1S/C9H12F2/c1-3-7-4-5-8(10)9(11)6(7)2/h4-6,9H,3H2,1-2H3. The van der Waals surface area contributed by atoms with Crippen LogP contribution in [0, 0.1) is 5.92 Å². The van der Waals surface area contributed by atoms with Crippen LogP contribution in [0.2, 0.25) is 0 Å². The molecule has 0 N–H and O–H groups in total. The topological polar surface area (TPSA) is 0 Å². The fraction of sp³-hybridized carbons (Fsp3) is 0.556. The van der Waals surface area contributed by atoms with Gasteiger partial charge in [0.1, 0.15) is 5.83 Å². The molecule has 0 amide bonds. The minimum absolute atomic E-state index is 0.287. The van der Waals surface area contributed by atoms with E-state index in [-0.39, 0.29) is 5.92 Å². The van der Waals surface area contributed by atoms with Crippen LogP contribution in [-0.2, 0) is 0 Å². The molecule has 0 aromatic rings. The fourth-order valence-electron chi connectivity index (χ4n) is 1.30. The van der Waals surface area contributed by atoms with Crippen molar-refractivity contribution in [2.75, 3.05) is 0 Å². The van der Waals surface area contributed by atoms with E-state index in [2.05, 4.69) is 0 Å². The van der Waals surface area contributed by atoms with Crippen molar-refractivity contribution in [1.29, 1.82) is 0 Å². The predicted molar refractivity (Wildman–Crippen MR) is 41.6 cm³/mol. The molecule has 1 aliphatic carbocycles. The zero-order valence-corrected chi connectivity index (χ0v) is 6.77. The van der Waals surface area contributed by atoms with Crippen LogP contribution in [0.1, 0.15) is 20.3 Å². The van der Waals surface area contributed by atoms with Gasteiger partial charge in [-0.05, 0) is 12.5 Å². The molecule has 0 saturated heterocycles. The summed E-state index contributed by atoms with van der Waals surface area (Å²) in [6, 6.07) is 0. The summed E-state index contributed by atoms with van der Waals surface area (Å²) in [6.07, 6.45) is 2.28. The second-order valence-corrected chi connectivity index (χ2v) is 2.84. The van der Waals surface area contributed by atoms with Crippen LogP contribution in [0.3, 0.4) is 0 Å². The third-order valence-corrected chi connectivity index (χ3v) is 2.15. The molecule has 62 valence electrons. The smallest absolute Gasteiger partial charge is 0.158 e. The Morgan fingerprint density at radius 2 is 2.09 bits per heavy atom. The quantitative estimate of drug-likeness (QED) is 0.549. The van der Waals surface area contributed by atoms with E-state index in [0.29, 0.717) is 0 Å². The molecule has 11 heavy (non-hydrogen) atoms. The van der Waals surface area contributed by atoms with Crippen molar-refractivity contribution in [3.05, 3.63) is 23.6 Å². The molecule has 0 aromatic carbocycles. The van der Waals surface area contributed by atoms with Crippen molar-refractivity contribution in [3.8, 4) is 0 Å². The minimum Gasteiger partial charge on any atom is -0.239 e. The molecule has 0 bridgehead atoms.